The van der Waals surface area contributed by atoms with Gasteiger partial charge in [-0.1, -0.05) is 0 Å². The summed E-state index contributed by atoms with van der Waals surface area (Å²) < 4.78 is 13.7. The second-order valence-electron chi connectivity index (χ2n) is 3.49. The number of amides is 1. The van der Waals surface area contributed by atoms with Crippen LogP contribution < -0.4 is 5.32 Å². The highest BCUT2D eigenvalue weighted by Gasteiger charge is 2.11. The van der Waals surface area contributed by atoms with Gasteiger partial charge in [0.25, 0.3) is 5.91 Å². The first-order valence-electron chi connectivity index (χ1n) is 4.95. The van der Waals surface area contributed by atoms with Gasteiger partial charge in [0.05, 0.1) is 11.3 Å². The molecule has 1 aromatic heterocycles. The van der Waals surface area contributed by atoms with Gasteiger partial charge in [0.1, 0.15) is 17.6 Å². The molecule has 0 saturated carbocycles. The zero-order chi connectivity index (χ0) is 13.1. The summed E-state index contributed by atoms with van der Waals surface area (Å²) >= 11 is 3.21. The summed E-state index contributed by atoms with van der Waals surface area (Å²) in [5.41, 5.74) is 0.693. The van der Waals surface area contributed by atoms with E-state index in [0.29, 0.717) is 5.69 Å². The standard InChI is InChI=1S/C12H7BrFN3O/c13-8-4-11(16-6-8)12(18)17-10-2-1-9(14)3-7(10)5-15/h1-4,6,16H,(H,17,18). The maximum Gasteiger partial charge on any atom is 0.272 e. The van der Waals surface area contributed by atoms with Crippen molar-refractivity contribution in [1.82, 2.24) is 4.98 Å². The maximum atomic E-state index is 12.9. The molecule has 0 aliphatic heterocycles. The van der Waals surface area contributed by atoms with Crippen molar-refractivity contribution in [3.05, 3.63) is 52.0 Å². The predicted octanol–water partition coefficient (Wildman–Crippen LogP) is 3.04. The molecule has 1 heterocycles. The van der Waals surface area contributed by atoms with E-state index in [0.717, 1.165) is 10.5 Å². The van der Waals surface area contributed by atoms with Crippen LogP contribution >= 0.6 is 15.9 Å². The van der Waals surface area contributed by atoms with E-state index >= 15 is 0 Å². The number of hydrogen-bond acceptors (Lipinski definition) is 2. The molecule has 0 radical (unpaired) electrons. The Morgan fingerprint density at radius 3 is 2.83 bits per heavy atom. The Kier molecular flexibility index (Phi) is 3.44. The fraction of sp³-hybridized carbons (Fsp3) is 0. The molecule has 0 unspecified atom stereocenters. The molecule has 18 heavy (non-hydrogen) atoms. The first-order valence-corrected chi connectivity index (χ1v) is 5.74. The van der Waals surface area contributed by atoms with Gasteiger partial charge in [-0.3, -0.25) is 4.79 Å². The van der Waals surface area contributed by atoms with E-state index in [-0.39, 0.29) is 11.3 Å². The van der Waals surface area contributed by atoms with E-state index in [2.05, 4.69) is 26.2 Å². The third kappa shape index (κ3) is 2.57. The number of H-pyrrole nitrogens is 1. The molecule has 2 aromatic rings. The number of hydrogen-bond donors (Lipinski definition) is 2. The normalized spacial score (nSPS) is 9.83. The molecule has 4 nitrogen and oxygen atoms in total. The fourth-order valence-electron chi connectivity index (χ4n) is 1.41. The number of nitrogens with one attached hydrogen (secondary N) is 2. The number of nitriles is 1. The van der Waals surface area contributed by atoms with Crippen molar-refractivity contribution >= 4 is 27.5 Å². The summed E-state index contributed by atoms with van der Waals surface area (Å²) in [7, 11) is 0. The lowest BCUT2D eigenvalue weighted by Gasteiger charge is -2.05. The second-order valence-corrected chi connectivity index (χ2v) is 4.40. The lowest BCUT2D eigenvalue weighted by atomic mass is 10.2. The van der Waals surface area contributed by atoms with Crippen molar-refractivity contribution in [2.45, 2.75) is 0 Å². The van der Waals surface area contributed by atoms with Crippen molar-refractivity contribution in [1.29, 1.82) is 5.26 Å². The van der Waals surface area contributed by atoms with Gasteiger partial charge in [-0.2, -0.15) is 5.26 Å². The lowest BCUT2D eigenvalue weighted by Crippen LogP contribution is -2.13. The molecule has 1 amide bonds. The maximum absolute atomic E-state index is 12.9. The number of carbonyl (C=O) groups is 1. The van der Waals surface area contributed by atoms with Crippen LogP contribution in [0.2, 0.25) is 0 Å². The van der Waals surface area contributed by atoms with Gasteiger partial charge >= 0.3 is 0 Å². The van der Waals surface area contributed by atoms with Crippen molar-refractivity contribution in [3.8, 4) is 6.07 Å². The van der Waals surface area contributed by atoms with Gasteiger partial charge in [-0.15, -0.1) is 0 Å². The fourth-order valence-corrected chi connectivity index (χ4v) is 1.75. The average Bonchev–Trinajstić information content (AvgIpc) is 2.78. The summed E-state index contributed by atoms with van der Waals surface area (Å²) in [5, 5.41) is 11.4. The molecule has 0 fully saturated rings. The van der Waals surface area contributed by atoms with Crippen molar-refractivity contribution < 1.29 is 9.18 Å². The van der Waals surface area contributed by atoms with Gasteiger partial charge in [0.2, 0.25) is 0 Å². The van der Waals surface area contributed by atoms with Gasteiger partial charge in [0.15, 0.2) is 0 Å². The molecule has 6 heteroatoms. The minimum atomic E-state index is -0.521. The van der Waals surface area contributed by atoms with Crippen LogP contribution in [0, 0.1) is 17.1 Å². The molecular weight excluding hydrogens is 301 g/mol. The topological polar surface area (TPSA) is 68.7 Å². The highest BCUT2D eigenvalue weighted by molar-refractivity contribution is 9.10. The minimum absolute atomic E-state index is 0.0778. The highest BCUT2D eigenvalue weighted by atomic mass is 79.9. The van der Waals surface area contributed by atoms with Crippen LogP contribution in [0.3, 0.4) is 0 Å². The Hall–Kier alpha value is -2.13. The molecule has 2 rings (SSSR count). The van der Waals surface area contributed by atoms with E-state index in [1.165, 1.54) is 12.1 Å². The number of anilines is 1. The second kappa shape index (κ2) is 5.02. The lowest BCUT2D eigenvalue weighted by molar-refractivity contribution is 0.102. The van der Waals surface area contributed by atoms with Crippen LogP contribution in [0.15, 0.2) is 34.9 Å². The van der Waals surface area contributed by atoms with Crippen LogP contribution in [0.1, 0.15) is 16.1 Å². The monoisotopic (exact) mass is 307 g/mol. The minimum Gasteiger partial charge on any atom is -0.356 e. The smallest absolute Gasteiger partial charge is 0.272 e. The Morgan fingerprint density at radius 1 is 1.44 bits per heavy atom. The number of carbonyl (C=O) groups excluding carboxylic acids is 1. The largest absolute Gasteiger partial charge is 0.356 e. The molecule has 0 saturated heterocycles. The van der Waals surface area contributed by atoms with Crippen LogP contribution in [-0.4, -0.2) is 10.9 Å². The number of halogens is 2. The van der Waals surface area contributed by atoms with Crippen molar-refractivity contribution in [3.63, 3.8) is 0 Å². The van der Waals surface area contributed by atoms with Gasteiger partial charge in [-0.05, 0) is 40.2 Å². The zero-order valence-corrected chi connectivity index (χ0v) is 10.6. The van der Waals surface area contributed by atoms with E-state index in [1.807, 2.05) is 6.07 Å². The number of rotatable bonds is 2. The van der Waals surface area contributed by atoms with E-state index < -0.39 is 11.7 Å². The van der Waals surface area contributed by atoms with Gasteiger partial charge in [-0.25, -0.2) is 4.39 Å². The summed E-state index contributed by atoms with van der Waals surface area (Å²) in [5.74, 6) is -0.920. The Labute approximate surface area is 111 Å². The Balaban J connectivity index is 2.25. The average molecular weight is 308 g/mol. The van der Waals surface area contributed by atoms with Crippen molar-refractivity contribution in [2.24, 2.45) is 0 Å². The van der Waals surface area contributed by atoms with Crippen LogP contribution in [-0.2, 0) is 0 Å². The highest BCUT2D eigenvalue weighted by Crippen LogP contribution is 2.18. The molecule has 90 valence electrons. The molecule has 0 spiro atoms. The number of nitrogens with zero attached hydrogens (tertiary/aromatic N) is 1. The van der Waals surface area contributed by atoms with E-state index in [4.69, 9.17) is 5.26 Å². The first kappa shape index (κ1) is 12.3. The van der Waals surface area contributed by atoms with E-state index in [9.17, 15) is 9.18 Å². The molecule has 0 aliphatic rings. The molecule has 0 aliphatic carbocycles. The SMILES string of the molecule is N#Cc1cc(F)ccc1NC(=O)c1cc(Br)c[nH]1. The predicted molar refractivity (Wildman–Crippen MR) is 67.6 cm³/mol. The molecule has 0 bridgehead atoms. The van der Waals surface area contributed by atoms with Gasteiger partial charge in [0, 0.05) is 10.7 Å². The Bertz CT molecular complexity index is 645. The molecule has 0 atom stereocenters. The number of aromatic nitrogens is 1. The Morgan fingerprint density at radius 2 is 2.22 bits per heavy atom. The van der Waals surface area contributed by atoms with Crippen LogP contribution in [0.5, 0.6) is 0 Å². The van der Waals surface area contributed by atoms with Crippen molar-refractivity contribution in [2.75, 3.05) is 5.32 Å². The summed E-state index contributed by atoms with van der Waals surface area (Å²) in [6.45, 7) is 0. The number of aromatic amines is 1. The summed E-state index contributed by atoms with van der Waals surface area (Å²) in [6, 6.07) is 7.03. The zero-order valence-electron chi connectivity index (χ0n) is 9.00. The van der Waals surface area contributed by atoms with Crippen LogP contribution in [0.4, 0.5) is 10.1 Å². The molecule has 2 N–H and O–H groups in total. The number of benzene rings is 1. The van der Waals surface area contributed by atoms with Crippen LogP contribution in [0.25, 0.3) is 0 Å². The third-order valence-corrected chi connectivity index (χ3v) is 2.70. The quantitative estimate of drug-likeness (QED) is 0.895. The third-order valence-electron chi connectivity index (χ3n) is 2.24. The molecular formula is C12H7BrFN3O. The summed E-state index contributed by atoms with van der Waals surface area (Å²) in [4.78, 5) is 14.6. The van der Waals surface area contributed by atoms with Gasteiger partial charge < -0.3 is 10.3 Å². The molecule has 1 aromatic carbocycles. The summed E-state index contributed by atoms with van der Waals surface area (Å²) in [6.07, 6.45) is 1.62. The first-order chi connectivity index (χ1) is 8.60. The van der Waals surface area contributed by atoms with E-state index in [1.54, 1.807) is 12.3 Å².